The van der Waals surface area contributed by atoms with Crippen molar-refractivity contribution in [3.8, 4) is 0 Å². The van der Waals surface area contributed by atoms with Crippen molar-refractivity contribution in [1.29, 1.82) is 0 Å². The second-order valence-electron chi connectivity index (χ2n) is 5.07. The molecule has 1 fully saturated rings. The topological polar surface area (TPSA) is 29.3 Å². The van der Waals surface area contributed by atoms with E-state index in [1.165, 1.54) is 12.0 Å². The Labute approximate surface area is 107 Å². The van der Waals surface area contributed by atoms with Crippen LogP contribution >= 0.6 is 0 Å². The van der Waals surface area contributed by atoms with Crippen LogP contribution in [0.15, 0.2) is 40.9 Å². The molecule has 0 radical (unpaired) electrons. The Morgan fingerprint density at radius 3 is 2.89 bits per heavy atom. The van der Waals surface area contributed by atoms with Crippen LogP contribution in [-0.2, 0) is 6.54 Å². The Balaban J connectivity index is 1.62. The highest BCUT2D eigenvalue weighted by Gasteiger charge is 2.24. The van der Waals surface area contributed by atoms with Gasteiger partial charge in [0.25, 0.3) is 0 Å². The third-order valence-corrected chi connectivity index (χ3v) is 3.60. The zero-order valence-corrected chi connectivity index (χ0v) is 10.7. The number of aromatic nitrogens is 1. The molecule has 0 spiro atoms. The third kappa shape index (κ3) is 2.46. The first-order valence-corrected chi connectivity index (χ1v) is 6.51. The van der Waals surface area contributed by atoms with Gasteiger partial charge in [-0.1, -0.05) is 35.5 Å². The Hall–Kier alpha value is -1.61. The molecule has 1 aliphatic rings. The highest BCUT2D eigenvalue weighted by molar-refractivity contribution is 5.21. The summed E-state index contributed by atoms with van der Waals surface area (Å²) in [5, 5.41) is 3.93. The second kappa shape index (κ2) is 4.94. The second-order valence-corrected chi connectivity index (χ2v) is 5.07. The van der Waals surface area contributed by atoms with Gasteiger partial charge in [0.05, 0.1) is 12.2 Å². The summed E-state index contributed by atoms with van der Waals surface area (Å²) < 4.78 is 5.28. The largest absolute Gasteiger partial charge is 0.360 e. The lowest BCUT2D eigenvalue weighted by molar-refractivity contribution is 0.271. The quantitative estimate of drug-likeness (QED) is 0.828. The first-order chi connectivity index (χ1) is 8.81. The molecule has 1 saturated heterocycles. The maximum atomic E-state index is 5.28. The predicted molar refractivity (Wildman–Crippen MR) is 70.3 cm³/mol. The number of likely N-dealkylation sites (tertiary alicyclic amines) is 1. The van der Waals surface area contributed by atoms with Crippen LogP contribution in [0.3, 0.4) is 0 Å². The van der Waals surface area contributed by atoms with Crippen molar-refractivity contribution >= 4 is 0 Å². The van der Waals surface area contributed by atoms with E-state index in [9.17, 15) is 0 Å². The van der Waals surface area contributed by atoms with E-state index in [1.54, 1.807) is 0 Å². The molecule has 1 atom stereocenters. The van der Waals surface area contributed by atoms with Gasteiger partial charge in [0, 0.05) is 12.6 Å². The molecule has 0 amide bonds. The van der Waals surface area contributed by atoms with Gasteiger partial charge in [-0.2, -0.15) is 0 Å². The van der Waals surface area contributed by atoms with E-state index in [1.807, 2.05) is 13.0 Å². The molecule has 1 aromatic carbocycles. The third-order valence-electron chi connectivity index (χ3n) is 3.60. The molecule has 0 saturated carbocycles. The molecule has 0 N–H and O–H groups in total. The highest BCUT2D eigenvalue weighted by Crippen LogP contribution is 2.27. The fraction of sp³-hybridized carbons (Fsp3) is 0.400. The van der Waals surface area contributed by atoms with Crippen molar-refractivity contribution in [2.24, 2.45) is 0 Å². The van der Waals surface area contributed by atoms with Gasteiger partial charge in [-0.15, -0.1) is 0 Å². The molecule has 1 aliphatic heterocycles. The summed E-state index contributed by atoms with van der Waals surface area (Å²) in [7, 11) is 0. The first-order valence-electron chi connectivity index (χ1n) is 6.51. The van der Waals surface area contributed by atoms with Gasteiger partial charge in [-0.25, -0.2) is 0 Å². The number of hydrogen-bond acceptors (Lipinski definition) is 3. The molecule has 3 nitrogen and oxygen atoms in total. The maximum absolute atomic E-state index is 5.28. The van der Waals surface area contributed by atoms with Gasteiger partial charge in [0.15, 0.2) is 5.76 Å². The van der Waals surface area contributed by atoms with E-state index in [4.69, 9.17) is 4.52 Å². The number of hydrogen-bond donors (Lipinski definition) is 0. The Morgan fingerprint density at radius 1 is 1.33 bits per heavy atom. The van der Waals surface area contributed by atoms with Crippen LogP contribution in [0.5, 0.6) is 0 Å². The van der Waals surface area contributed by atoms with E-state index in [-0.39, 0.29) is 0 Å². The lowest BCUT2D eigenvalue weighted by Gasteiger charge is -2.14. The molecule has 1 aromatic heterocycles. The zero-order chi connectivity index (χ0) is 12.4. The van der Waals surface area contributed by atoms with Gasteiger partial charge in [0.1, 0.15) is 0 Å². The van der Waals surface area contributed by atoms with Crippen molar-refractivity contribution in [2.75, 3.05) is 13.1 Å². The SMILES string of the molecule is Cc1cc(CN2CCC(c3ccccc3)C2)on1. The minimum atomic E-state index is 0.662. The standard InChI is InChI=1S/C15H18N2O/c1-12-9-15(18-16-12)11-17-8-7-14(10-17)13-5-3-2-4-6-13/h2-6,9,14H,7-8,10-11H2,1H3. The van der Waals surface area contributed by atoms with Crippen LogP contribution in [0.4, 0.5) is 0 Å². The molecule has 2 heterocycles. The van der Waals surface area contributed by atoms with Gasteiger partial charge in [0.2, 0.25) is 0 Å². The average molecular weight is 242 g/mol. The minimum absolute atomic E-state index is 0.662. The fourth-order valence-corrected chi connectivity index (χ4v) is 2.68. The Morgan fingerprint density at radius 2 is 2.17 bits per heavy atom. The van der Waals surface area contributed by atoms with Crippen LogP contribution in [0.25, 0.3) is 0 Å². The minimum Gasteiger partial charge on any atom is -0.360 e. The number of benzene rings is 1. The molecule has 2 aromatic rings. The van der Waals surface area contributed by atoms with Gasteiger partial charge in [-0.05, 0) is 31.4 Å². The van der Waals surface area contributed by atoms with Gasteiger partial charge >= 0.3 is 0 Å². The lowest BCUT2D eigenvalue weighted by Crippen LogP contribution is -2.19. The number of rotatable bonds is 3. The van der Waals surface area contributed by atoms with Crippen LogP contribution in [0.1, 0.15) is 29.4 Å². The molecule has 18 heavy (non-hydrogen) atoms. The Kier molecular flexibility index (Phi) is 3.15. The van der Waals surface area contributed by atoms with Crippen molar-refractivity contribution in [3.63, 3.8) is 0 Å². The van der Waals surface area contributed by atoms with Crippen LogP contribution in [0, 0.1) is 6.92 Å². The maximum Gasteiger partial charge on any atom is 0.150 e. The van der Waals surface area contributed by atoms with Crippen molar-refractivity contribution in [2.45, 2.75) is 25.8 Å². The first kappa shape index (κ1) is 11.5. The summed E-state index contributed by atoms with van der Waals surface area (Å²) in [4.78, 5) is 2.44. The van der Waals surface area contributed by atoms with E-state index < -0.39 is 0 Å². The summed E-state index contributed by atoms with van der Waals surface area (Å²) in [5.74, 6) is 1.64. The van der Waals surface area contributed by atoms with Crippen molar-refractivity contribution < 1.29 is 4.52 Å². The summed E-state index contributed by atoms with van der Waals surface area (Å²) in [6.07, 6.45) is 1.23. The predicted octanol–water partition coefficient (Wildman–Crippen LogP) is 2.97. The molecule has 94 valence electrons. The zero-order valence-electron chi connectivity index (χ0n) is 10.7. The van der Waals surface area contributed by atoms with E-state index in [0.29, 0.717) is 5.92 Å². The monoisotopic (exact) mass is 242 g/mol. The van der Waals surface area contributed by atoms with E-state index >= 15 is 0 Å². The molecule has 1 unspecified atom stereocenters. The number of nitrogens with zero attached hydrogens (tertiary/aromatic N) is 2. The molecular formula is C15H18N2O. The van der Waals surface area contributed by atoms with Gasteiger partial charge < -0.3 is 4.52 Å². The molecule has 3 rings (SSSR count). The molecule has 0 bridgehead atoms. The summed E-state index contributed by atoms with van der Waals surface area (Å²) in [5.41, 5.74) is 2.41. The van der Waals surface area contributed by atoms with Crippen LogP contribution < -0.4 is 0 Å². The van der Waals surface area contributed by atoms with E-state index in [0.717, 1.165) is 31.1 Å². The Bertz CT molecular complexity index is 506. The summed E-state index contributed by atoms with van der Waals surface area (Å²) in [6, 6.07) is 12.8. The average Bonchev–Trinajstić information content (AvgIpc) is 3.01. The normalized spacial score (nSPS) is 20.4. The van der Waals surface area contributed by atoms with E-state index in [2.05, 4.69) is 40.4 Å². The molecule has 0 aliphatic carbocycles. The lowest BCUT2D eigenvalue weighted by atomic mass is 9.99. The fourth-order valence-electron chi connectivity index (χ4n) is 2.68. The van der Waals surface area contributed by atoms with Crippen LogP contribution in [-0.4, -0.2) is 23.1 Å². The highest BCUT2D eigenvalue weighted by atomic mass is 16.5. The summed E-state index contributed by atoms with van der Waals surface area (Å²) in [6.45, 7) is 5.09. The number of aryl methyl sites for hydroxylation is 1. The van der Waals surface area contributed by atoms with Crippen molar-refractivity contribution in [1.82, 2.24) is 10.1 Å². The van der Waals surface area contributed by atoms with Crippen LogP contribution in [0.2, 0.25) is 0 Å². The van der Waals surface area contributed by atoms with Gasteiger partial charge in [-0.3, -0.25) is 4.90 Å². The smallest absolute Gasteiger partial charge is 0.150 e. The molecular weight excluding hydrogens is 224 g/mol. The molecule has 3 heteroatoms. The summed E-state index contributed by atoms with van der Waals surface area (Å²) >= 11 is 0. The van der Waals surface area contributed by atoms with Crippen molar-refractivity contribution in [3.05, 3.63) is 53.4 Å².